The van der Waals surface area contributed by atoms with Crippen LogP contribution in [0.25, 0.3) is 0 Å². The molecule has 1 saturated carbocycles. The van der Waals surface area contributed by atoms with Gasteiger partial charge in [0, 0.05) is 5.92 Å². The second-order valence-corrected chi connectivity index (χ2v) is 5.53. The van der Waals surface area contributed by atoms with Crippen LogP contribution in [0, 0.1) is 23.7 Å². The van der Waals surface area contributed by atoms with Crippen molar-refractivity contribution >= 4 is 12.2 Å². The van der Waals surface area contributed by atoms with Crippen LogP contribution in [0.1, 0.15) is 32.6 Å². The number of fused-ring (bicyclic) bond motifs is 4. The fraction of sp³-hybridized carbons (Fsp3) is 0.714. The molecule has 4 heteroatoms. The van der Waals surface area contributed by atoms with Crippen LogP contribution in [-0.2, 0) is 9.53 Å². The lowest BCUT2D eigenvalue weighted by molar-refractivity contribution is -0.146. The molecule has 0 aromatic carbocycles. The van der Waals surface area contributed by atoms with Gasteiger partial charge >= 0.3 is 5.97 Å². The molecular weight excluding hydrogens is 230 g/mol. The third kappa shape index (κ3) is 1.58. The van der Waals surface area contributed by atoms with Crippen LogP contribution in [0.4, 0.5) is 0 Å². The molecule has 0 spiro atoms. The van der Waals surface area contributed by atoms with Crippen molar-refractivity contribution in [1.82, 2.24) is 0 Å². The number of hydrogen-bond acceptors (Lipinski definition) is 4. The first kappa shape index (κ1) is 11.8. The lowest BCUT2D eigenvalue weighted by Gasteiger charge is -2.18. The summed E-state index contributed by atoms with van der Waals surface area (Å²) >= 11 is 0. The molecule has 3 aliphatic rings. The van der Waals surface area contributed by atoms with Gasteiger partial charge in [0.2, 0.25) is 0 Å². The molecule has 4 nitrogen and oxygen atoms in total. The standard InChI is InChI=1S/C14H19NO3/c1-2-18-14(16)11-6-10(7-15-17)12-8-3-4-9(5-8)13(11)12/h7-11,17H,2-6H2,1H3/b15-7+/t8-,9+,10-,11+/m0/s1. The van der Waals surface area contributed by atoms with E-state index < -0.39 is 0 Å². The van der Waals surface area contributed by atoms with Crippen LogP contribution in [0.2, 0.25) is 0 Å². The van der Waals surface area contributed by atoms with E-state index in [-0.39, 0.29) is 17.8 Å². The summed E-state index contributed by atoms with van der Waals surface area (Å²) in [6.07, 6.45) is 5.96. The van der Waals surface area contributed by atoms with Gasteiger partial charge < -0.3 is 9.94 Å². The molecule has 0 aromatic rings. The van der Waals surface area contributed by atoms with Crippen LogP contribution >= 0.6 is 0 Å². The third-order valence-electron chi connectivity index (χ3n) is 4.73. The van der Waals surface area contributed by atoms with Gasteiger partial charge in [-0.1, -0.05) is 11.1 Å². The molecule has 3 aliphatic carbocycles. The van der Waals surface area contributed by atoms with E-state index in [1.165, 1.54) is 30.4 Å². The molecule has 4 atom stereocenters. The number of ether oxygens (including phenoxy) is 1. The van der Waals surface area contributed by atoms with Gasteiger partial charge in [0.05, 0.1) is 18.7 Å². The molecule has 18 heavy (non-hydrogen) atoms. The first-order valence-electron chi connectivity index (χ1n) is 6.84. The number of esters is 1. The Morgan fingerprint density at radius 1 is 1.39 bits per heavy atom. The molecule has 0 aliphatic heterocycles. The number of carbonyl (C=O) groups excluding carboxylic acids is 1. The van der Waals surface area contributed by atoms with Gasteiger partial charge in [-0.3, -0.25) is 4.79 Å². The predicted octanol–water partition coefficient (Wildman–Crippen LogP) is 2.37. The number of oxime groups is 1. The van der Waals surface area contributed by atoms with E-state index in [0.717, 1.165) is 6.42 Å². The highest BCUT2D eigenvalue weighted by atomic mass is 16.5. The smallest absolute Gasteiger partial charge is 0.313 e. The largest absolute Gasteiger partial charge is 0.466 e. The molecule has 98 valence electrons. The third-order valence-corrected chi connectivity index (χ3v) is 4.73. The van der Waals surface area contributed by atoms with Crippen molar-refractivity contribution in [2.75, 3.05) is 6.61 Å². The number of rotatable bonds is 3. The maximum atomic E-state index is 12.1. The minimum absolute atomic E-state index is 0.0850. The summed E-state index contributed by atoms with van der Waals surface area (Å²) in [7, 11) is 0. The Kier molecular flexibility index (Phi) is 2.88. The highest BCUT2D eigenvalue weighted by Gasteiger charge is 2.50. The average molecular weight is 249 g/mol. The zero-order valence-corrected chi connectivity index (χ0v) is 10.6. The molecule has 1 N–H and O–H groups in total. The molecule has 0 radical (unpaired) electrons. The summed E-state index contributed by atoms with van der Waals surface area (Å²) in [5, 5.41) is 12.0. The second-order valence-electron chi connectivity index (χ2n) is 5.53. The van der Waals surface area contributed by atoms with Crippen molar-refractivity contribution in [2.24, 2.45) is 28.8 Å². The van der Waals surface area contributed by atoms with E-state index in [4.69, 9.17) is 9.94 Å². The van der Waals surface area contributed by atoms with E-state index in [0.29, 0.717) is 18.4 Å². The molecule has 2 bridgehead atoms. The van der Waals surface area contributed by atoms with E-state index in [9.17, 15) is 4.79 Å². The monoisotopic (exact) mass is 249 g/mol. The molecule has 0 unspecified atom stereocenters. The van der Waals surface area contributed by atoms with Gasteiger partial charge in [-0.2, -0.15) is 0 Å². The lowest BCUT2D eigenvalue weighted by atomic mass is 9.88. The van der Waals surface area contributed by atoms with Gasteiger partial charge in [0.25, 0.3) is 0 Å². The molecule has 0 heterocycles. The summed E-state index contributed by atoms with van der Waals surface area (Å²) in [5.41, 5.74) is 2.72. The number of carbonyl (C=O) groups is 1. The summed E-state index contributed by atoms with van der Waals surface area (Å²) in [6, 6.07) is 0. The number of nitrogens with zero attached hydrogens (tertiary/aromatic N) is 1. The number of hydrogen-bond donors (Lipinski definition) is 1. The highest BCUT2D eigenvalue weighted by molar-refractivity contribution is 5.81. The van der Waals surface area contributed by atoms with Gasteiger partial charge in [-0.05, 0) is 44.4 Å². The number of allylic oxidation sites excluding steroid dienone is 1. The minimum Gasteiger partial charge on any atom is -0.466 e. The molecular formula is C14H19NO3. The molecule has 0 amide bonds. The first-order valence-corrected chi connectivity index (χ1v) is 6.84. The average Bonchev–Trinajstić information content (AvgIpc) is 3.01. The predicted molar refractivity (Wildman–Crippen MR) is 66.4 cm³/mol. The summed E-state index contributed by atoms with van der Waals surface area (Å²) in [4.78, 5) is 12.1. The fourth-order valence-corrected chi connectivity index (χ4v) is 4.22. The normalized spacial score (nSPS) is 37.6. The van der Waals surface area contributed by atoms with E-state index >= 15 is 0 Å². The highest BCUT2D eigenvalue weighted by Crippen LogP contribution is 2.58. The van der Waals surface area contributed by atoms with E-state index in [1.807, 2.05) is 6.92 Å². The summed E-state index contributed by atoms with van der Waals surface area (Å²) in [6.45, 7) is 2.28. The summed E-state index contributed by atoms with van der Waals surface area (Å²) < 4.78 is 5.19. The van der Waals surface area contributed by atoms with Crippen molar-refractivity contribution in [3.8, 4) is 0 Å². The van der Waals surface area contributed by atoms with Crippen molar-refractivity contribution in [2.45, 2.75) is 32.6 Å². The second kappa shape index (κ2) is 4.41. The van der Waals surface area contributed by atoms with Crippen LogP contribution in [0.5, 0.6) is 0 Å². The first-order chi connectivity index (χ1) is 8.76. The van der Waals surface area contributed by atoms with E-state index in [2.05, 4.69) is 5.16 Å². The Morgan fingerprint density at radius 2 is 2.11 bits per heavy atom. The Bertz CT molecular complexity index is 427. The Balaban J connectivity index is 1.91. The maximum Gasteiger partial charge on any atom is 0.313 e. The van der Waals surface area contributed by atoms with Crippen LogP contribution < -0.4 is 0 Å². The van der Waals surface area contributed by atoms with Crippen molar-refractivity contribution in [3.63, 3.8) is 0 Å². The van der Waals surface area contributed by atoms with Crippen LogP contribution in [0.15, 0.2) is 16.3 Å². The zero-order chi connectivity index (χ0) is 12.7. The summed E-state index contributed by atoms with van der Waals surface area (Å²) in [5.74, 6) is 1.17. The van der Waals surface area contributed by atoms with E-state index in [1.54, 1.807) is 6.21 Å². The van der Waals surface area contributed by atoms with Crippen LogP contribution in [0.3, 0.4) is 0 Å². The van der Waals surface area contributed by atoms with Crippen molar-refractivity contribution in [3.05, 3.63) is 11.1 Å². The molecule has 3 rings (SSSR count). The fourth-order valence-electron chi connectivity index (χ4n) is 4.22. The SMILES string of the molecule is CCOC(=O)[C@@H]1C[C@@H](/C=N/O)C2=C1[C@@H]1CC[C@H]2C1. The molecule has 0 aromatic heterocycles. The Labute approximate surface area is 107 Å². The van der Waals surface area contributed by atoms with Crippen molar-refractivity contribution < 1.29 is 14.7 Å². The molecule has 1 fully saturated rings. The lowest BCUT2D eigenvalue weighted by Crippen LogP contribution is -2.21. The van der Waals surface area contributed by atoms with Gasteiger partial charge in [-0.15, -0.1) is 5.16 Å². The van der Waals surface area contributed by atoms with Crippen molar-refractivity contribution in [1.29, 1.82) is 0 Å². The van der Waals surface area contributed by atoms with Gasteiger partial charge in [0.1, 0.15) is 0 Å². The zero-order valence-electron chi connectivity index (χ0n) is 10.6. The Morgan fingerprint density at radius 3 is 2.78 bits per heavy atom. The quantitative estimate of drug-likeness (QED) is 0.275. The van der Waals surface area contributed by atoms with Crippen LogP contribution in [-0.4, -0.2) is 24.0 Å². The minimum atomic E-state index is -0.0913. The van der Waals surface area contributed by atoms with Gasteiger partial charge in [0.15, 0.2) is 0 Å². The van der Waals surface area contributed by atoms with Gasteiger partial charge in [-0.25, -0.2) is 0 Å². The molecule has 0 saturated heterocycles. The topological polar surface area (TPSA) is 58.9 Å². The maximum absolute atomic E-state index is 12.1. The Hall–Kier alpha value is -1.32.